The Balaban J connectivity index is 0.000000877. The largest absolute Gasteiger partial charge is 0.325 e. The Bertz CT molecular complexity index is 1170. The molecule has 0 spiro atoms. The summed E-state index contributed by atoms with van der Waals surface area (Å²) in [6.45, 7) is 4.24. The third-order valence-corrected chi connectivity index (χ3v) is 20.1. The van der Waals surface area contributed by atoms with Crippen LogP contribution in [0.1, 0.15) is 26.7 Å². The van der Waals surface area contributed by atoms with E-state index in [1.54, 1.807) is 20.9 Å². The number of amides is 2. The van der Waals surface area contributed by atoms with Gasteiger partial charge in [0.05, 0.1) is 27.9 Å². The molecule has 0 saturated carbocycles. The minimum atomic E-state index is -3.31. The second-order valence-electron chi connectivity index (χ2n) is 8.51. The SMILES string of the molecule is CC(C)S(=O)(=O)N1CCC(N(C)C(=O)Nc2cnc(-c3cc(F)cc(F)c3)c(Cl)c2)CC1.PPP(P)P. The van der Waals surface area contributed by atoms with Crippen molar-refractivity contribution < 1.29 is 22.0 Å². The summed E-state index contributed by atoms with van der Waals surface area (Å²) in [5.41, 5.74) is 0.702. The van der Waals surface area contributed by atoms with E-state index in [0.29, 0.717) is 31.6 Å². The second-order valence-corrected chi connectivity index (χ2v) is 25.4. The lowest BCUT2D eigenvalue weighted by Gasteiger charge is -2.36. The average molecular weight is 649 g/mol. The highest BCUT2D eigenvalue weighted by Gasteiger charge is 2.32. The summed E-state index contributed by atoms with van der Waals surface area (Å²) in [4.78, 5) is 18.3. The summed E-state index contributed by atoms with van der Waals surface area (Å²) in [5, 5.41) is 2.35. The molecule has 1 aliphatic heterocycles. The standard InChI is InChI=1S/C21H25ClF2N4O3S.H7P5/c1-13(2)32(30,31)28-6-4-18(5-7-28)27(3)21(29)26-17-11-19(22)20(25-12-17)14-8-15(23)10-16(24)9-14;1-4-5(2)3/h8-13,18H,4-7H2,1-3H3,(H,26,29);4H,1-3H2. The number of piperidine rings is 1. The smallest absolute Gasteiger partial charge is 0.321 e. The zero-order valence-corrected chi connectivity index (χ0v) is 27.6. The molecule has 1 saturated heterocycles. The number of benzene rings is 1. The Kier molecular flexibility index (Phi) is 13.4. The van der Waals surface area contributed by atoms with Crippen molar-refractivity contribution in [2.24, 2.45) is 0 Å². The third kappa shape index (κ3) is 9.77. The number of pyridine rings is 1. The number of anilines is 1. The zero-order valence-electron chi connectivity index (χ0n) is 20.7. The van der Waals surface area contributed by atoms with Gasteiger partial charge in [0.1, 0.15) is 11.6 Å². The molecule has 2 aromatic rings. The maximum atomic E-state index is 13.5. The maximum Gasteiger partial charge on any atom is 0.321 e. The fourth-order valence-corrected chi connectivity index (χ4v) is 5.16. The van der Waals surface area contributed by atoms with E-state index in [1.165, 1.54) is 21.5 Å². The predicted molar refractivity (Wildman–Crippen MR) is 164 cm³/mol. The number of halogens is 3. The average Bonchev–Trinajstić information content (AvgIpc) is 2.83. The molecule has 206 valence electrons. The van der Waals surface area contributed by atoms with E-state index < -0.39 is 32.9 Å². The van der Waals surface area contributed by atoms with Crippen molar-refractivity contribution in [3.8, 4) is 11.3 Å². The minimum absolute atomic E-state index is 0.119. The molecule has 0 bridgehead atoms. The van der Waals surface area contributed by atoms with Crippen molar-refractivity contribution in [1.29, 1.82) is 0 Å². The van der Waals surface area contributed by atoms with Crippen molar-refractivity contribution >= 4 is 75.1 Å². The number of rotatable bonds is 6. The zero-order chi connectivity index (χ0) is 27.9. The highest BCUT2D eigenvalue weighted by atomic mass is 35.5. The lowest BCUT2D eigenvalue weighted by Crippen LogP contribution is -2.49. The van der Waals surface area contributed by atoms with E-state index in [2.05, 4.69) is 37.1 Å². The van der Waals surface area contributed by atoms with Crippen LogP contribution in [-0.2, 0) is 10.0 Å². The van der Waals surface area contributed by atoms with Crippen LogP contribution in [0.15, 0.2) is 30.5 Å². The van der Waals surface area contributed by atoms with Crippen LogP contribution in [-0.4, -0.2) is 60.1 Å². The topological polar surface area (TPSA) is 82.6 Å². The van der Waals surface area contributed by atoms with Crippen LogP contribution in [0, 0.1) is 11.6 Å². The molecule has 4 atom stereocenters. The molecular weight excluding hydrogens is 617 g/mol. The van der Waals surface area contributed by atoms with Gasteiger partial charge in [0.15, 0.2) is 0 Å². The van der Waals surface area contributed by atoms with Gasteiger partial charge in [0.2, 0.25) is 10.0 Å². The van der Waals surface area contributed by atoms with Crippen LogP contribution in [0.25, 0.3) is 11.3 Å². The normalized spacial score (nSPS) is 15.2. The number of hydrogen-bond acceptors (Lipinski definition) is 4. The number of nitrogens with zero attached hydrogens (tertiary/aromatic N) is 3. The first-order chi connectivity index (χ1) is 17.3. The number of urea groups is 1. The van der Waals surface area contributed by atoms with Gasteiger partial charge in [-0.1, -0.05) is 19.6 Å². The fraction of sp³-hybridized carbons (Fsp3) is 0.429. The van der Waals surface area contributed by atoms with Gasteiger partial charge in [0, 0.05) is 37.8 Å². The number of carbonyl (C=O) groups is 1. The summed E-state index contributed by atoms with van der Waals surface area (Å²) in [5.74, 6) is -1.49. The fourth-order valence-electron chi connectivity index (χ4n) is 3.57. The first kappa shape index (κ1) is 33.1. The van der Waals surface area contributed by atoms with Gasteiger partial charge in [0.25, 0.3) is 0 Å². The number of carbonyl (C=O) groups excluding carboxylic acids is 1. The summed E-state index contributed by atoms with van der Waals surface area (Å²) < 4.78 is 53.0. The third-order valence-electron chi connectivity index (χ3n) is 5.62. The highest BCUT2D eigenvalue weighted by Crippen LogP contribution is 2.71. The maximum absolute atomic E-state index is 13.5. The molecule has 7 nitrogen and oxygen atoms in total. The molecule has 1 aliphatic rings. The molecule has 1 aromatic heterocycles. The van der Waals surface area contributed by atoms with Crippen molar-refractivity contribution in [2.75, 3.05) is 25.5 Å². The minimum Gasteiger partial charge on any atom is -0.325 e. The molecule has 3 rings (SSSR count). The Morgan fingerprint density at radius 3 is 2.22 bits per heavy atom. The van der Waals surface area contributed by atoms with Gasteiger partial charge < -0.3 is 10.2 Å². The van der Waals surface area contributed by atoms with E-state index in [4.69, 9.17) is 11.6 Å². The molecule has 0 radical (unpaired) electrons. The van der Waals surface area contributed by atoms with Gasteiger partial charge in [-0.3, -0.25) is 4.98 Å². The first-order valence-corrected chi connectivity index (χ1v) is 21.3. The van der Waals surface area contributed by atoms with Crippen LogP contribution in [0.4, 0.5) is 19.3 Å². The Hall–Kier alpha value is -0.150. The van der Waals surface area contributed by atoms with Gasteiger partial charge in [-0.25, -0.2) is 26.3 Å². The molecule has 37 heavy (non-hydrogen) atoms. The van der Waals surface area contributed by atoms with E-state index >= 15 is 0 Å². The van der Waals surface area contributed by atoms with Crippen LogP contribution in [0.5, 0.6) is 0 Å². The lowest BCUT2D eigenvalue weighted by atomic mass is 10.1. The van der Waals surface area contributed by atoms with Gasteiger partial charge >= 0.3 is 6.03 Å². The van der Waals surface area contributed by atoms with Crippen molar-refractivity contribution in [3.63, 3.8) is 0 Å². The summed E-state index contributed by atoms with van der Waals surface area (Å²) in [7, 11) is 7.57. The van der Waals surface area contributed by atoms with Crippen LogP contribution in [0.3, 0.4) is 0 Å². The molecule has 4 unspecified atom stereocenters. The number of nitrogens with one attached hydrogen (secondary N) is 1. The quantitative estimate of drug-likeness (QED) is 0.350. The van der Waals surface area contributed by atoms with Crippen LogP contribution < -0.4 is 5.32 Å². The van der Waals surface area contributed by atoms with Crippen LogP contribution >= 0.6 is 53.3 Å². The van der Waals surface area contributed by atoms with E-state index in [0.717, 1.165) is 26.2 Å². The van der Waals surface area contributed by atoms with E-state index in [-0.39, 0.29) is 29.3 Å². The Labute approximate surface area is 232 Å². The van der Waals surface area contributed by atoms with Gasteiger partial charge in [-0.15, -0.1) is 26.8 Å². The molecule has 2 amide bonds. The van der Waals surface area contributed by atoms with Gasteiger partial charge in [-0.2, -0.15) is 0 Å². The van der Waals surface area contributed by atoms with E-state index in [9.17, 15) is 22.0 Å². The number of sulfonamides is 1. The monoisotopic (exact) mass is 648 g/mol. The van der Waals surface area contributed by atoms with Gasteiger partial charge in [-0.05, 0) is 51.9 Å². The Morgan fingerprint density at radius 2 is 1.76 bits per heavy atom. The highest BCUT2D eigenvalue weighted by molar-refractivity contribution is 8.77. The Morgan fingerprint density at radius 1 is 1.22 bits per heavy atom. The summed E-state index contributed by atoms with van der Waals surface area (Å²) in [6, 6.07) is 3.94. The molecule has 1 fully saturated rings. The summed E-state index contributed by atoms with van der Waals surface area (Å²) >= 11 is 6.23. The van der Waals surface area contributed by atoms with Crippen LogP contribution in [0.2, 0.25) is 5.02 Å². The lowest BCUT2D eigenvalue weighted by molar-refractivity contribution is 0.173. The molecule has 0 aliphatic carbocycles. The van der Waals surface area contributed by atoms with Crippen molar-refractivity contribution in [2.45, 2.75) is 38.0 Å². The van der Waals surface area contributed by atoms with Crippen molar-refractivity contribution in [1.82, 2.24) is 14.2 Å². The molecule has 16 heteroatoms. The summed E-state index contributed by atoms with van der Waals surface area (Å²) in [6.07, 6.45) is 2.41. The second kappa shape index (κ2) is 15.0. The van der Waals surface area contributed by atoms with E-state index in [1.807, 2.05) is 0 Å². The molecule has 1 aromatic carbocycles. The molecular formula is C21H32ClF2N4O3P5S. The first-order valence-electron chi connectivity index (χ1n) is 11.2. The molecule has 1 N–H and O–H groups in total. The molecule has 2 heterocycles. The van der Waals surface area contributed by atoms with Crippen molar-refractivity contribution in [3.05, 3.63) is 47.1 Å². The predicted octanol–water partition coefficient (Wildman–Crippen LogP) is 6.78. The number of hydrogen-bond donors (Lipinski definition) is 1. The number of aromatic nitrogens is 1.